The van der Waals surface area contributed by atoms with Crippen LogP contribution in [0.4, 0.5) is 0 Å². The second-order valence-corrected chi connectivity index (χ2v) is 5.58. The van der Waals surface area contributed by atoms with Gasteiger partial charge in [0.2, 0.25) is 0 Å². The van der Waals surface area contributed by atoms with Crippen molar-refractivity contribution in [2.24, 2.45) is 7.05 Å². The molecule has 3 aromatic rings. The average Bonchev–Trinajstić information content (AvgIpc) is 3.23. The highest BCUT2D eigenvalue weighted by Crippen LogP contribution is 2.23. The van der Waals surface area contributed by atoms with Gasteiger partial charge in [0, 0.05) is 38.0 Å². The molecular formula is C17H19N5O2. The summed E-state index contributed by atoms with van der Waals surface area (Å²) in [5, 5.41) is 11.2. The first kappa shape index (κ1) is 15.8. The summed E-state index contributed by atoms with van der Waals surface area (Å²) in [6.07, 6.45) is 3.64. The molecule has 0 bridgehead atoms. The summed E-state index contributed by atoms with van der Waals surface area (Å²) in [5.41, 5.74) is 3.01. The van der Waals surface area contributed by atoms with Crippen LogP contribution in [0.3, 0.4) is 0 Å². The second kappa shape index (κ2) is 6.57. The van der Waals surface area contributed by atoms with Gasteiger partial charge in [-0.2, -0.15) is 10.2 Å². The quantitative estimate of drug-likeness (QED) is 0.779. The largest absolute Gasteiger partial charge is 0.497 e. The number of benzene rings is 1. The molecule has 2 heterocycles. The van der Waals surface area contributed by atoms with Crippen LogP contribution in [0.5, 0.6) is 5.75 Å². The third-order valence-electron chi connectivity index (χ3n) is 3.70. The Balaban J connectivity index is 1.75. The van der Waals surface area contributed by atoms with E-state index in [1.165, 1.54) is 0 Å². The zero-order valence-electron chi connectivity index (χ0n) is 13.9. The summed E-state index contributed by atoms with van der Waals surface area (Å²) in [7, 11) is 5.22. The van der Waals surface area contributed by atoms with Gasteiger partial charge in [0.05, 0.1) is 19.0 Å². The van der Waals surface area contributed by atoms with Crippen LogP contribution in [0.15, 0.2) is 42.7 Å². The Morgan fingerprint density at radius 2 is 2.21 bits per heavy atom. The fraction of sp³-hybridized carbons (Fsp3) is 0.235. The van der Waals surface area contributed by atoms with E-state index in [1.54, 1.807) is 36.0 Å². The molecule has 0 saturated carbocycles. The highest BCUT2D eigenvalue weighted by molar-refractivity contribution is 5.93. The Kier molecular flexibility index (Phi) is 4.33. The van der Waals surface area contributed by atoms with Crippen molar-refractivity contribution < 1.29 is 9.53 Å². The van der Waals surface area contributed by atoms with Crippen molar-refractivity contribution in [1.29, 1.82) is 0 Å². The number of aromatic amines is 1. The first-order valence-electron chi connectivity index (χ1n) is 7.49. The van der Waals surface area contributed by atoms with Crippen LogP contribution >= 0.6 is 0 Å². The number of rotatable bonds is 5. The van der Waals surface area contributed by atoms with Gasteiger partial charge in [-0.1, -0.05) is 12.1 Å². The lowest BCUT2D eigenvalue weighted by Gasteiger charge is -2.14. The smallest absolute Gasteiger partial charge is 0.271 e. The van der Waals surface area contributed by atoms with Gasteiger partial charge < -0.3 is 9.64 Å². The van der Waals surface area contributed by atoms with E-state index in [9.17, 15) is 4.79 Å². The van der Waals surface area contributed by atoms with Crippen LogP contribution in [0.1, 0.15) is 16.1 Å². The number of carbonyl (C=O) groups is 1. The summed E-state index contributed by atoms with van der Waals surface area (Å²) in [5.74, 6) is 0.623. The molecule has 0 aliphatic heterocycles. The van der Waals surface area contributed by atoms with Crippen molar-refractivity contribution in [3.8, 4) is 17.0 Å². The van der Waals surface area contributed by atoms with E-state index >= 15 is 0 Å². The lowest BCUT2D eigenvalue weighted by molar-refractivity contribution is 0.0779. The van der Waals surface area contributed by atoms with Crippen molar-refractivity contribution in [3.05, 3.63) is 54.0 Å². The minimum absolute atomic E-state index is 0.125. The number of aromatic nitrogens is 4. The van der Waals surface area contributed by atoms with E-state index in [0.29, 0.717) is 17.9 Å². The number of ether oxygens (including phenoxy) is 1. The topological polar surface area (TPSA) is 76.0 Å². The maximum absolute atomic E-state index is 12.5. The van der Waals surface area contributed by atoms with Crippen LogP contribution in [-0.4, -0.2) is 44.9 Å². The van der Waals surface area contributed by atoms with Gasteiger partial charge in [-0.3, -0.25) is 14.6 Å². The number of H-pyrrole nitrogens is 1. The lowest BCUT2D eigenvalue weighted by atomic mass is 10.1. The number of nitrogens with zero attached hydrogens (tertiary/aromatic N) is 4. The molecular weight excluding hydrogens is 306 g/mol. The fourth-order valence-corrected chi connectivity index (χ4v) is 2.47. The molecule has 7 nitrogen and oxygen atoms in total. The van der Waals surface area contributed by atoms with Gasteiger partial charge in [-0.25, -0.2) is 0 Å². The third kappa shape index (κ3) is 3.29. The predicted octanol–water partition coefficient (Wildman–Crippen LogP) is 2.09. The van der Waals surface area contributed by atoms with Crippen LogP contribution in [0, 0.1) is 0 Å². The van der Waals surface area contributed by atoms with E-state index in [4.69, 9.17) is 4.74 Å². The lowest BCUT2D eigenvalue weighted by Crippen LogP contribution is -2.26. The average molecular weight is 325 g/mol. The Morgan fingerprint density at radius 3 is 2.92 bits per heavy atom. The summed E-state index contributed by atoms with van der Waals surface area (Å²) in [6.45, 7) is 0.486. The molecule has 0 aliphatic rings. The molecule has 0 saturated heterocycles. The maximum atomic E-state index is 12.5. The second-order valence-electron chi connectivity index (χ2n) is 5.58. The zero-order chi connectivity index (χ0) is 17.1. The molecule has 7 heteroatoms. The van der Waals surface area contributed by atoms with E-state index in [-0.39, 0.29) is 5.91 Å². The van der Waals surface area contributed by atoms with E-state index in [1.807, 2.05) is 37.5 Å². The van der Waals surface area contributed by atoms with Gasteiger partial charge in [0.1, 0.15) is 11.4 Å². The number of hydrogen-bond donors (Lipinski definition) is 1. The highest BCUT2D eigenvalue weighted by atomic mass is 16.5. The van der Waals surface area contributed by atoms with E-state index < -0.39 is 0 Å². The van der Waals surface area contributed by atoms with Crippen LogP contribution in [0.2, 0.25) is 0 Å². The number of carbonyl (C=O) groups excluding carboxylic acids is 1. The monoisotopic (exact) mass is 325 g/mol. The maximum Gasteiger partial charge on any atom is 0.271 e. The summed E-state index contributed by atoms with van der Waals surface area (Å²) in [6, 6.07) is 9.30. The van der Waals surface area contributed by atoms with Crippen LogP contribution < -0.4 is 4.74 Å². The minimum atomic E-state index is -0.125. The molecule has 0 aliphatic carbocycles. The SMILES string of the molecule is COc1cccc(-c2cc(C(=O)N(C)Cc3cnn(C)c3)[nH]n2)c1. The third-order valence-corrected chi connectivity index (χ3v) is 3.70. The molecule has 1 N–H and O–H groups in total. The minimum Gasteiger partial charge on any atom is -0.497 e. The van der Waals surface area contributed by atoms with Gasteiger partial charge in [-0.15, -0.1) is 0 Å². The van der Waals surface area contributed by atoms with Gasteiger partial charge >= 0.3 is 0 Å². The Morgan fingerprint density at radius 1 is 1.38 bits per heavy atom. The van der Waals surface area contributed by atoms with Crippen molar-refractivity contribution in [2.75, 3.05) is 14.2 Å². The van der Waals surface area contributed by atoms with Crippen LogP contribution in [0.25, 0.3) is 11.3 Å². The first-order valence-corrected chi connectivity index (χ1v) is 7.49. The number of amides is 1. The number of nitrogens with one attached hydrogen (secondary N) is 1. The Hall–Kier alpha value is -3.09. The van der Waals surface area contributed by atoms with Gasteiger partial charge in [-0.05, 0) is 18.2 Å². The van der Waals surface area contributed by atoms with E-state index in [0.717, 1.165) is 16.9 Å². The highest BCUT2D eigenvalue weighted by Gasteiger charge is 2.16. The number of aryl methyl sites for hydroxylation is 1. The van der Waals surface area contributed by atoms with Crippen molar-refractivity contribution in [2.45, 2.75) is 6.54 Å². The molecule has 0 radical (unpaired) electrons. The Labute approximate surface area is 139 Å². The molecule has 124 valence electrons. The van der Waals surface area contributed by atoms with Crippen molar-refractivity contribution in [1.82, 2.24) is 24.9 Å². The standard InChI is InChI=1S/C17H19N5O2/c1-21(10-12-9-18-22(2)11-12)17(23)16-8-15(19-20-16)13-5-4-6-14(7-13)24-3/h4-9,11H,10H2,1-3H3,(H,19,20). The molecule has 0 unspecified atom stereocenters. The molecule has 0 atom stereocenters. The molecule has 3 rings (SSSR count). The van der Waals surface area contributed by atoms with Gasteiger partial charge in [0.25, 0.3) is 5.91 Å². The van der Waals surface area contributed by atoms with Crippen molar-refractivity contribution >= 4 is 5.91 Å². The molecule has 0 spiro atoms. The van der Waals surface area contributed by atoms with Gasteiger partial charge in [0.15, 0.2) is 0 Å². The molecule has 24 heavy (non-hydrogen) atoms. The Bertz CT molecular complexity index is 852. The number of hydrogen-bond acceptors (Lipinski definition) is 4. The molecule has 1 amide bonds. The predicted molar refractivity (Wildman–Crippen MR) is 89.6 cm³/mol. The molecule has 1 aromatic carbocycles. The van der Waals surface area contributed by atoms with E-state index in [2.05, 4.69) is 15.3 Å². The molecule has 2 aromatic heterocycles. The normalized spacial score (nSPS) is 10.6. The first-order chi connectivity index (χ1) is 11.6. The molecule has 0 fully saturated rings. The fourth-order valence-electron chi connectivity index (χ4n) is 2.47. The number of methoxy groups -OCH3 is 1. The summed E-state index contributed by atoms with van der Waals surface area (Å²) in [4.78, 5) is 14.2. The summed E-state index contributed by atoms with van der Waals surface area (Å²) < 4.78 is 6.93. The van der Waals surface area contributed by atoms with Crippen LogP contribution in [-0.2, 0) is 13.6 Å². The van der Waals surface area contributed by atoms with Crippen molar-refractivity contribution in [3.63, 3.8) is 0 Å². The zero-order valence-corrected chi connectivity index (χ0v) is 13.9. The summed E-state index contributed by atoms with van der Waals surface area (Å²) >= 11 is 0.